The third-order valence-electron chi connectivity index (χ3n) is 3.29. The van der Waals surface area contributed by atoms with Gasteiger partial charge in [0, 0.05) is 32.2 Å². The summed E-state index contributed by atoms with van der Waals surface area (Å²) in [5.74, 6) is -0.735. The standard InChI is InChI=1S/C14H20N2O2/c17-14(18)6-8-15-13-7-9-16(11-13)10-12-4-2-1-3-5-12/h1-5,13,15H,6-11H2,(H,17,18). The molecule has 1 fully saturated rings. The van der Waals surface area contributed by atoms with Crippen molar-refractivity contribution < 1.29 is 9.90 Å². The fraction of sp³-hybridized carbons (Fsp3) is 0.500. The number of benzene rings is 1. The first kappa shape index (κ1) is 13.1. The van der Waals surface area contributed by atoms with E-state index in [2.05, 4.69) is 34.5 Å². The van der Waals surface area contributed by atoms with Gasteiger partial charge in [0.1, 0.15) is 0 Å². The molecule has 1 heterocycles. The van der Waals surface area contributed by atoms with Crippen LogP contribution >= 0.6 is 0 Å². The summed E-state index contributed by atoms with van der Waals surface area (Å²) >= 11 is 0. The minimum atomic E-state index is -0.735. The lowest BCUT2D eigenvalue weighted by atomic mass is 10.2. The monoisotopic (exact) mass is 248 g/mol. The molecule has 4 nitrogen and oxygen atoms in total. The van der Waals surface area contributed by atoms with Gasteiger partial charge < -0.3 is 10.4 Å². The van der Waals surface area contributed by atoms with Crippen LogP contribution in [0.2, 0.25) is 0 Å². The summed E-state index contributed by atoms with van der Waals surface area (Å²) in [7, 11) is 0. The van der Waals surface area contributed by atoms with Crippen molar-refractivity contribution in [3.05, 3.63) is 35.9 Å². The van der Waals surface area contributed by atoms with Crippen LogP contribution in [0.25, 0.3) is 0 Å². The lowest BCUT2D eigenvalue weighted by Gasteiger charge is -2.16. The van der Waals surface area contributed by atoms with Gasteiger partial charge >= 0.3 is 5.97 Å². The Morgan fingerprint density at radius 2 is 2.17 bits per heavy atom. The molecule has 0 bridgehead atoms. The van der Waals surface area contributed by atoms with Gasteiger partial charge in [0.05, 0.1) is 6.42 Å². The Balaban J connectivity index is 1.70. The number of hydrogen-bond acceptors (Lipinski definition) is 3. The molecule has 1 atom stereocenters. The Morgan fingerprint density at radius 3 is 2.89 bits per heavy atom. The first-order chi connectivity index (χ1) is 8.74. The Labute approximate surface area is 108 Å². The molecular formula is C14H20N2O2. The minimum Gasteiger partial charge on any atom is -0.481 e. The van der Waals surface area contributed by atoms with E-state index in [0.717, 1.165) is 26.1 Å². The number of nitrogens with one attached hydrogen (secondary N) is 1. The van der Waals surface area contributed by atoms with E-state index in [1.54, 1.807) is 0 Å². The van der Waals surface area contributed by atoms with Gasteiger partial charge in [-0.15, -0.1) is 0 Å². The molecule has 2 rings (SSSR count). The predicted octanol–water partition coefficient (Wildman–Crippen LogP) is 1.33. The van der Waals surface area contributed by atoms with E-state index >= 15 is 0 Å². The number of rotatable bonds is 6. The molecule has 1 aliphatic heterocycles. The van der Waals surface area contributed by atoms with Crippen molar-refractivity contribution >= 4 is 5.97 Å². The average molecular weight is 248 g/mol. The van der Waals surface area contributed by atoms with E-state index < -0.39 is 5.97 Å². The summed E-state index contributed by atoms with van der Waals surface area (Å²) < 4.78 is 0. The summed E-state index contributed by atoms with van der Waals surface area (Å²) in [5, 5.41) is 11.9. The molecule has 0 amide bonds. The second kappa shape index (κ2) is 6.52. The second-order valence-electron chi connectivity index (χ2n) is 4.80. The number of carboxylic acid groups (broad SMARTS) is 1. The van der Waals surface area contributed by atoms with Crippen molar-refractivity contribution in [1.82, 2.24) is 10.2 Å². The van der Waals surface area contributed by atoms with Gasteiger partial charge in [0.25, 0.3) is 0 Å². The number of likely N-dealkylation sites (tertiary alicyclic amines) is 1. The first-order valence-corrected chi connectivity index (χ1v) is 6.45. The van der Waals surface area contributed by atoms with Gasteiger partial charge in [-0.3, -0.25) is 9.69 Å². The van der Waals surface area contributed by atoms with E-state index in [-0.39, 0.29) is 6.42 Å². The summed E-state index contributed by atoms with van der Waals surface area (Å²) in [5.41, 5.74) is 1.34. The fourth-order valence-electron chi connectivity index (χ4n) is 2.37. The number of aliphatic carboxylic acids is 1. The lowest BCUT2D eigenvalue weighted by Crippen LogP contribution is -2.33. The summed E-state index contributed by atoms with van der Waals surface area (Å²) in [6.45, 7) is 3.64. The molecule has 1 unspecified atom stereocenters. The maximum Gasteiger partial charge on any atom is 0.304 e. The molecule has 1 aliphatic rings. The maximum absolute atomic E-state index is 10.4. The topological polar surface area (TPSA) is 52.6 Å². The summed E-state index contributed by atoms with van der Waals surface area (Å²) in [6, 6.07) is 10.9. The Kier molecular flexibility index (Phi) is 4.73. The van der Waals surface area contributed by atoms with Gasteiger partial charge in [0.2, 0.25) is 0 Å². The predicted molar refractivity (Wildman–Crippen MR) is 70.4 cm³/mol. The SMILES string of the molecule is O=C(O)CCNC1CCN(Cc2ccccc2)C1. The largest absolute Gasteiger partial charge is 0.481 e. The van der Waals surface area contributed by atoms with Crippen molar-refractivity contribution in [1.29, 1.82) is 0 Å². The number of carbonyl (C=O) groups is 1. The maximum atomic E-state index is 10.4. The zero-order valence-electron chi connectivity index (χ0n) is 10.5. The van der Waals surface area contributed by atoms with Gasteiger partial charge in [-0.05, 0) is 12.0 Å². The third-order valence-corrected chi connectivity index (χ3v) is 3.29. The third kappa shape index (κ3) is 4.13. The summed E-state index contributed by atoms with van der Waals surface area (Å²) in [6.07, 6.45) is 1.31. The van der Waals surface area contributed by atoms with Crippen molar-refractivity contribution in [2.45, 2.75) is 25.4 Å². The molecule has 0 aromatic heterocycles. The van der Waals surface area contributed by atoms with Crippen LogP contribution < -0.4 is 5.32 Å². The highest BCUT2D eigenvalue weighted by Gasteiger charge is 2.21. The molecule has 0 saturated carbocycles. The van der Waals surface area contributed by atoms with E-state index in [9.17, 15) is 4.79 Å². The van der Waals surface area contributed by atoms with Crippen LogP contribution in [0.3, 0.4) is 0 Å². The Bertz CT molecular complexity index is 381. The van der Waals surface area contributed by atoms with E-state index in [1.165, 1.54) is 5.56 Å². The smallest absolute Gasteiger partial charge is 0.304 e. The molecule has 4 heteroatoms. The average Bonchev–Trinajstić information content (AvgIpc) is 2.78. The quantitative estimate of drug-likeness (QED) is 0.797. The number of nitrogens with zero attached hydrogens (tertiary/aromatic N) is 1. The van der Waals surface area contributed by atoms with Crippen molar-refractivity contribution in [2.24, 2.45) is 0 Å². The molecule has 0 aliphatic carbocycles. The van der Waals surface area contributed by atoms with Crippen LogP contribution in [0, 0.1) is 0 Å². The highest BCUT2D eigenvalue weighted by molar-refractivity contribution is 5.66. The van der Waals surface area contributed by atoms with Crippen molar-refractivity contribution in [3.63, 3.8) is 0 Å². The number of carboxylic acids is 1. The first-order valence-electron chi connectivity index (χ1n) is 6.45. The second-order valence-corrected chi connectivity index (χ2v) is 4.80. The molecule has 2 N–H and O–H groups in total. The fourth-order valence-corrected chi connectivity index (χ4v) is 2.37. The van der Waals surface area contributed by atoms with E-state index in [4.69, 9.17) is 5.11 Å². The molecule has 0 radical (unpaired) electrons. The Morgan fingerprint density at radius 1 is 1.39 bits per heavy atom. The van der Waals surface area contributed by atoms with E-state index in [1.807, 2.05) is 6.07 Å². The normalized spacial score (nSPS) is 20.1. The van der Waals surface area contributed by atoms with E-state index in [0.29, 0.717) is 12.6 Å². The molecule has 1 aromatic rings. The molecule has 1 saturated heterocycles. The molecule has 18 heavy (non-hydrogen) atoms. The van der Waals surface area contributed by atoms with Crippen LogP contribution in [-0.2, 0) is 11.3 Å². The molecule has 1 aromatic carbocycles. The van der Waals surface area contributed by atoms with Crippen molar-refractivity contribution in [3.8, 4) is 0 Å². The van der Waals surface area contributed by atoms with Crippen LogP contribution in [-0.4, -0.2) is 41.7 Å². The summed E-state index contributed by atoms with van der Waals surface area (Å²) in [4.78, 5) is 12.8. The van der Waals surface area contributed by atoms with Crippen LogP contribution in [0.15, 0.2) is 30.3 Å². The van der Waals surface area contributed by atoms with Gasteiger partial charge in [-0.1, -0.05) is 30.3 Å². The van der Waals surface area contributed by atoms with Crippen LogP contribution in [0.5, 0.6) is 0 Å². The van der Waals surface area contributed by atoms with Crippen molar-refractivity contribution in [2.75, 3.05) is 19.6 Å². The molecule has 98 valence electrons. The minimum absolute atomic E-state index is 0.204. The molecular weight excluding hydrogens is 228 g/mol. The van der Waals surface area contributed by atoms with Crippen LogP contribution in [0.1, 0.15) is 18.4 Å². The lowest BCUT2D eigenvalue weighted by molar-refractivity contribution is -0.136. The zero-order valence-corrected chi connectivity index (χ0v) is 10.5. The highest BCUT2D eigenvalue weighted by Crippen LogP contribution is 2.13. The van der Waals surface area contributed by atoms with Gasteiger partial charge in [-0.2, -0.15) is 0 Å². The zero-order chi connectivity index (χ0) is 12.8. The number of hydrogen-bond donors (Lipinski definition) is 2. The highest BCUT2D eigenvalue weighted by atomic mass is 16.4. The molecule has 0 spiro atoms. The van der Waals surface area contributed by atoms with Crippen LogP contribution in [0.4, 0.5) is 0 Å². The van der Waals surface area contributed by atoms with Gasteiger partial charge in [-0.25, -0.2) is 0 Å². The van der Waals surface area contributed by atoms with Gasteiger partial charge in [0.15, 0.2) is 0 Å². The Hall–Kier alpha value is -1.39.